The van der Waals surface area contributed by atoms with E-state index in [1.54, 1.807) is 4.90 Å². The number of para-hydroxylation sites is 2. The SMILES string of the molecule is O=C(Nc1c(F)cccc1F)c1ccnc(C(=O)N2CCCc3ccccc32)c1. The number of hydrogen-bond acceptors (Lipinski definition) is 3. The molecule has 2 aromatic carbocycles. The molecule has 0 radical (unpaired) electrons. The minimum atomic E-state index is -0.881. The fourth-order valence-electron chi connectivity index (χ4n) is 3.37. The highest BCUT2D eigenvalue weighted by Gasteiger charge is 2.25. The standard InChI is InChI=1S/C22H17F2N3O2/c23-16-7-3-8-17(24)20(16)26-21(28)15-10-11-25-18(13-15)22(29)27-12-4-6-14-5-1-2-9-19(14)27/h1-3,5,7-11,13H,4,6,12H2,(H,26,28). The zero-order valence-electron chi connectivity index (χ0n) is 15.4. The highest BCUT2D eigenvalue weighted by molar-refractivity contribution is 6.09. The lowest BCUT2D eigenvalue weighted by molar-refractivity contribution is 0.0980. The van der Waals surface area contributed by atoms with Crippen LogP contribution in [0.15, 0.2) is 60.8 Å². The number of carbonyl (C=O) groups excluding carboxylic acids is 2. The second-order valence-electron chi connectivity index (χ2n) is 6.67. The maximum Gasteiger partial charge on any atom is 0.276 e. The molecule has 146 valence electrons. The third-order valence-corrected chi connectivity index (χ3v) is 4.80. The first-order valence-electron chi connectivity index (χ1n) is 9.16. The first kappa shape index (κ1) is 18.7. The van der Waals surface area contributed by atoms with E-state index in [1.165, 1.54) is 24.4 Å². The molecular weight excluding hydrogens is 376 g/mol. The van der Waals surface area contributed by atoms with Crippen LogP contribution in [0.4, 0.5) is 20.2 Å². The number of anilines is 2. The lowest BCUT2D eigenvalue weighted by atomic mass is 10.0. The van der Waals surface area contributed by atoms with Crippen molar-refractivity contribution in [2.45, 2.75) is 12.8 Å². The van der Waals surface area contributed by atoms with Gasteiger partial charge in [-0.15, -0.1) is 0 Å². The number of nitrogens with zero attached hydrogens (tertiary/aromatic N) is 2. The van der Waals surface area contributed by atoms with Crippen molar-refractivity contribution in [1.29, 1.82) is 0 Å². The first-order valence-corrected chi connectivity index (χ1v) is 9.16. The van der Waals surface area contributed by atoms with Crippen molar-refractivity contribution in [2.75, 3.05) is 16.8 Å². The molecule has 0 fully saturated rings. The van der Waals surface area contributed by atoms with Crippen molar-refractivity contribution in [1.82, 2.24) is 4.98 Å². The Hall–Kier alpha value is -3.61. The summed E-state index contributed by atoms with van der Waals surface area (Å²) in [7, 11) is 0. The maximum absolute atomic E-state index is 13.8. The summed E-state index contributed by atoms with van der Waals surface area (Å²) in [6, 6.07) is 13.7. The summed E-state index contributed by atoms with van der Waals surface area (Å²) in [5.41, 5.74) is 1.54. The van der Waals surface area contributed by atoms with Crippen molar-refractivity contribution in [2.24, 2.45) is 0 Å². The van der Waals surface area contributed by atoms with Gasteiger partial charge >= 0.3 is 0 Å². The van der Waals surface area contributed by atoms with Crippen LogP contribution in [-0.2, 0) is 6.42 Å². The molecule has 1 aromatic heterocycles. The molecule has 1 aliphatic heterocycles. The highest BCUT2D eigenvalue weighted by Crippen LogP contribution is 2.28. The molecule has 1 aliphatic rings. The molecule has 29 heavy (non-hydrogen) atoms. The Balaban J connectivity index is 1.59. The zero-order chi connectivity index (χ0) is 20.4. The number of nitrogens with one attached hydrogen (secondary N) is 1. The van der Waals surface area contributed by atoms with E-state index in [4.69, 9.17) is 0 Å². The van der Waals surface area contributed by atoms with Crippen LogP contribution in [0.25, 0.3) is 0 Å². The molecule has 2 heterocycles. The van der Waals surface area contributed by atoms with Crippen molar-refractivity contribution < 1.29 is 18.4 Å². The van der Waals surface area contributed by atoms with Crippen LogP contribution in [-0.4, -0.2) is 23.3 Å². The molecule has 0 spiro atoms. The molecule has 5 nitrogen and oxygen atoms in total. The van der Waals surface area contributed by atoms with Crippen LogP contribution in [0, 0.1) is 11.6 Å². The summed E-state index contributed by atoms with van der Waals surface area (Å²) < 4.78 is 27.6. The number of halogens is 2. The minimum absolute atomic E-state index is 0.0799. The number of fused-ring (bicyclic) bond motifs is 1. The minimum Gasteiger partial charge on any atom is -0.317 e. The van der Waals surface area contributed by atoms with Gasteiger partial charge in [-0.05, 0) is 48.7 Å². The fraction of sp³-hybridized carbons (Fsp3) is 0.136. The van der Waals surface area contributed by atoms with E-state index in [0.29, 0.717) is 6.54 Å². The number of pyridine rings is 1. The van der Waals surface area contributed by atoms with Crippen LogP contribution in [0.5, 0.6) is 0 Å². The number of benzene rings is 2. The topological polar surface area (TPSA) is 62.3 Å². The Bertz CT molecular complexity index is 1080. The Labute approximate surface area is 166 Å². The summed E-state index contributed by atoms with van der Waals surface area (Å²) >= 11 is 0. The van der Waals surface area contributed by atoms with E-state index in [-0.39, 0.29) is 17.2 Å². The molecular formula is C22H17F2N3O2. The predicted octanol–water partition coefficient (Wildman–Crippen LogP) is 4.21. The summed E-state index contributed by atoms with van der Waals surface area (Å²) in [4.78, 5) is 31.2. The van der Waals surface area contributed by atoms with Gasteiger partial charge in [-0.3, -0.25) is 14.6 Å². The van der Waals surface area contributed by atoms with Gasteiger partial charge in [0.05, 0.1) is 0 Å². The Morgan fingerprint density at radius 2 is 1.76 bits per heavy atom. The number of aromatic nitrogens is 1. The molecule has 0 unspecified atom stereocenters. The van der Waals surface area contributed by atoms with E-state index >= 15 is 0 Å². The van der Waals surface area contributed by atoms with Crippen molar-refractivity contribution >= 4 is 23.2 Å². The quantitative estimate of drug-likeness (QED) is 0.725. The van der Waals surface area contributed by atoms with Crippen LogP contribution >= 0.6 is 0 Å². The average Bonchev–Trinajstić information content (AvgIpc) is 2.75. The van der Waals surface area contributed by atoms with Gasteiger partial charge in [-0.1, -0.05) is 24.3 Å². The molecule has 0 saturated carbocycles. The Kier molecular flexibility index (Phi) is 5.03. The molecule has 0 aliphatic carbocycles. The zero-order valence-corrected chi connectivity index (χ0v) is 15.4. The second-order valence-corrected chi connectivity index (χ2v) is 6.67. The summed E-state index contributed by atoms with van der Waals surface area (Å²) in [6.45, 7) is 0.550. The molecule has 0 saturated heterocycles. The van der Waals surface area contributed by atoms with Crippen molar-refractivity contribution in [3.05, 3.63) is 89.2 Å². The van der Waals surface area contributed by atoms with E-state index in [9.17, 15) is 18.4 Å². The van der Waals surface area contributed by atoms with Crippen LogP contribution < -0.4 is 10.2 Å². The summed E-state index contributed by atoms with van der Waals surface area (Å²) in [6.07, 6.45) is 3.05. The Morgan fingerprint density at radius 3 is 2.55 bits per heavy atom. The lowest BCUT2D eigenvalue weighted by Gasteiger charge is -2.29. The van der Waals surface area contributed by atoms with Crippen LogP contribution in [0.1, 0.15) is 32.8 Å². The maximum atomic E-state index is 13.8. The third kappa shape index (κ3) is 3.71. The smallest absolute Gasteiger partial charge is 0.276 e. The molecule has 1 N–H and O–H groups in total. The third-order valence-electron chi connectivity index (χ3n) is 4.80. The normalized spacial score (nSPS) is 13.0. The first-order chi connectivity index (χ1) is 14.0. The largest absolute Gasteiger partial charge is 0.317 e. The Morgan fingerprint density at radius 1 is 1.00 bits per heavy atom. The van der Waals surface area contributed by atoms with Crippen LogP contribution in [0.2, 0.25) is 0 Å². The monoisotopic (exact) mass is 393 g/mol. The molecule has 4 rings (SSSR count). The lowest BCUT2D eigenvalue weighted by Crippen LogP contribution is -2.36. The number of rotatable bonds is 3. The number of aryl methyl sites for hydroxylation is 1. The van der Waals surface area contributed by atoms with Gasteiger partial charge in [0.25, 0.3) is 11.8 Å². The molecule has 2 amide bonds. The van der Waals surface area contributed by atoms with Gasteiger partial charge in [-0.2, -0.15) is 0 Å². The van der Waals surface area contributed by atoms with Crippen molar-refractivity contribution in [3.8, 4) is 0 Å². The number of amides is 2. The molecule has 0 bridgehead atoms. The van der Waals surface area contributed by atoms with Gasteiger partial charge in [0.15, 0.2) is 0 Å². The summed E-state index contributed by atoms with van der Waals surface area (Å²) in [5.74, 6) is -2.82. The number of carbonyl (C=O) groups is 2. The highest BCUT2D eigenvalue weighted by atomic mass is 19.1. The summed E-state index contributed by atoms with van der Waals surface area (Å²) in [5, 5.41) is 2.21. The predicted molar refractivity (Wildman–Crippen MR) is 105 cm³/mol. The van der Waals surface area contributed by atoms with E-state index in [0.717, 1.165) is 36.2 Å². The molecule has 0 atom stereocenters. The van der Waals surface area contributed by atoms with Gasteiger partial charge in [0.1, 0.15) is 23.0 Å². The molecule has 7 heteroatoms. The van der Waals surface area contributed by atoms with E-state index in [1.807, 2.05) is 24.3 Å². The fourth-order valence-corrected chi connectivity index (χ4v) is 3.37. The van der Waals surface area contributed by atoms with E-state index in [2.05, 4.69) is 10.3 Å². The molecule has 3 aromatic rings. The van der Waals surface area contributed by atoms with Gasteiger partial charge < -0.3 is 10.2 Å². The van der Waals surface area contributed by atoms with Gasteiger partial charge in [-0.25, -0.2) is 8.78 Å². The number of hydrogen-bond donors (Lipinski definition) is 1. The second kappa shape index (κ2) is 7.79. The van der Waals surface area contributed by atoms with Crippen LogP contribution in [0.3, 0.4) is 0 Å². The average molecular weight is 393 g/mol. The van der Waals surface area contributed by atoms with Gasteiger partial charge in [0, 0.05) is 24.0 Å². The van der Waals surface area contributed by atoms with Crippen molar-refractivity contribution in [3.63, 3.8) is 0 Å². The van der Waals surface area contributed by atoms with Gasteiger partial charge in [0.2, 0.25) is 0 Å². The van der Waals surface area contributed by atoms with E-state index < -0.39 is 23.2 Å².